The van der Waals surface area contributed by atoms with Gasteiger partial charge in [0.25, 0.3) is 0 Å². The molecule has 2 aromatic rings. The van der Waals surface area contributed by atoms with Gasteiger partial charge in [0.1, 0.15) is 0 Å². The quantitative estimate of drug-likeness (QED) is 0.327. The van der Waals surface area contributed by atoms with Crippen LogP contribution in [0, 0.1) is 5.92 Å². The average molecular weight is 355 g/mol. The van der Waals surface area contributed by atoms with E-state index in [1.165, 1.54) is 69.8 Å². The Morgan fingerprint density at radius 2 is 1.54 bits per heavy atom. The van der Waals surface area contributed by atoms with Gasteiger partial charge in [0.15, 0.2) is 0 Å². The van der Waals surface area contributed by atoms with Crippen LogP contribution in [0.5, 0.6) is 0 Å². The van der Waals surface area contributed by atoms with E-state index in [-0.39, 0.29) is 0 Å². The van der Waals surface area contributed by atoms with Crippen LogP contribution in [0.1, 0.15) is 89.7 Å². The average Bonchev–Trinajstić information content (AvgIpc) is 3.21. The standard InChI is InChI=1S/C24H38N2/c1-3-4-5-6-7-8-9-10-14-17-24(20-23-15-12-11-13-16-23)22(2)26-19-18-25-21-26/h11-13,15-16,18-19,21-22,24H,3-10,14,17,20H2,1-2H3. The van der Waals surface area contributed by atoms with Gasteiger partial charge in [-0.2, -0.15) is 0 Å². The SMILES string of the molecule is CCCCCCCCCCCC(Cc1ccccc1)C(C)n1ccnc1. The Kier molecular flexibility index (Phi) is 10.2. The molecule has 1 aromatic heterocycles. The predicted octanol–water partition coefficient (Wildman–Crippen LogP) is 7.22. The van der Waals surface area contributed by atoms with E-state index in [9.17, 15) is 0 Å². The van der Waals surface area contributed by atoms with Gasteiger partial charge in [0, 0.05) is 18.4 Å². The third-order valence-electron chi connectivity index (χ3n) is 5.70. The maximum absolute atomic E-state index is 4.25. The molecule has 0 bridgehead atoms. The smallest absolute Gasteiger partial charge is 0.0948 e. The Morgan fingerprint density at radius 3 is 2.15 bits per heavy atom. The maximum Gasteiger partial charge on any atom is 0.0948 e. The van der Waals surface area contributed by atoms with Gasteiger partial charge >= 0.3 is 0 Å². The number of benzene rings is 1. The molecule has 0 aliphatic carbocycles. The second-order valence-electron chi connectivity index (χ2n) is 7.82. The van der Waals surface area contributed by atoms with Gasteiger partial charge in [0.05, 0.1) is 6.33 Å². The predicted molar refractivity (Wildman–Crippen MR) is 112 cm³/mol. The van der Waals surface area contributed by atoms with Crippen molar-refractivity contribution in [2.45, 2.75) is 90.5 Å². The van der Waals surface area contributed by atoms with E-state index < -0.39 is 0 Å². The fourth-order valence-corrected chi connectivity index (χ4v) is 3.90. The molecule has 2 nitrogen and oxygen atoms in total. The molecule has 0 amide bonds. The van der Waals surface area contributed by atoms with Crippen LogP contribution in [-0.2, 0) is 6.42 Å². The van der Waals surface area contributed by atoms with E-state index in [2.05, 4.69) is 59.9 Å². The monoisotopic (exact) mass is 354 g/mol. The highest BCUT2D eigenvalue weighted by Crippen LogP contribution is 2.27. The molecule has 2 atom stereocenters. The second kappa shape index (κ2) is 12.7. The van der Waals surface area contributed by atoms with E-state index in [1.54, 1.807) is 0 Å². The van der Waals surface area contributed by atoms with Crippen molar-refractivity contribution in [2.24, 2.45) is 5.92 Å². The van der Waals surface area contributed by atoms with Crippen molar-refractivity contribution in [1.82, 2.24) is 9.55 Å². The fourth-order valence-electron chi connectivity index (χ4n) is 3.90. The van der Waals surface area contributed by atoms with Crippen molar-refractivity contribution in [3.05, 3.63) is 54.6 Å². The van der Waals surface area contributed by atoms with Crippen molar-refractivity contribution < 1.29 is 0 Å². The van der Waals surface area contributed by atoms with Crippen LogP contribution < -0.4 is 0 Å². The molecule has 0 saturated heterocycles. The normalized spacial score (nSPS) is 13.6. The number of unbranched alkanes of at least 4 members (excludes halogenated alkanes) is 8. The van der Waals surface area contributed by atoms with Crippen molar-refractivity contribution in [2.75, 3.05) is 0 Å². The summed E-state index contributed by atoms with van der Waals surface area (Å²) < 4.78 is 2.28. The summed E-state index contributed by atoms with van der Waals surface area (Å²) in [7, 11) is 0. The minimum atomic E-state index is 0.506. The van der Waals surface area contributed by atoms with Gasteiger partial charge in [-0.1, -0.05) is 95.0 Å². The number of rotatable bonds is 14. The number of nitrogens with zero attached hydrogens (tertiary/aromatic N) is 2. The molecule has 0 saturated carbocycles. The van der Waals surface area contributed by atoms with E-state index in [0.717, 1.165) is 6.42 Å². The Labute approximate surface area is 161 Å². The summed E-state index contributed by atoms with van der Waals surface area (Å²) >= 11 is 0. The molecule has 144 valence electrons. The second-order valence-corrected chi connectivity index (χ2v) is 7.82. The van der Waals surface area contributed by atoms with Gasteiger partial charge in [-0.3, -0.25) is 0 Å². The van der Waals surface area contributed by atoms with Crippen LogP contribution in [-0.4, -0.2) is 9.55 Å². The summed E-state index contributed by atoms with van der Waals surface area (Å²) in [4.78, 5) is 4.25. The summed E-state index contributed by atoms with van der Waals surface area (Å²) in [6.07, 6.45) is 21.1. The zero-order valence-electron chi connectivity index (χ0n) is 16.9. The molecule has 0 aliphatic heterocycles. The molecule has 1 aromatic carbocycles. The lowest BCUT2D eigenvalue weighted by atomic mass is 9.88. The molecule has 0 spiro atoms. The zero-order chi connectivity index (χ0) is 18.5. The molecular formula is C24H38N2. The number of imidazole rings is 1. The highest BCUT2D eigenvalue weighted by atomic mass is 15.0. The van der Waals surface area contributed by atoms with E-state index in [0.29, 0.717) is 12.0 Å². The summed E-state index contributed by atoms with van der Waals surface area (Å²) in [5, 5.41) is 0. The fraction of sp³-hybridized carbons (Fsp3) is 0.625. The molecular weight excluding hydrogens is 316 g/mol. The molecule has 0 radical (unpaired) electrons. The minimum Gasteiger partial charge on any atom is -0.334 e. The zero-order valence-corrected chi connectivity index (χ0v) is 16.9. The first-order valence-electron chi connectivity index (χ1n) is 10.8. The summed E-state index contributed by atoms with van der Waals surface area (Å²) in [6.45, 7) is 4.64. The van der Waals surface area contributed by atoms with Crippen molar-refractivity contribution in [3.8, 4) is 0 Å². The van der Waals surface area contributed by atoms with Gasteiger partial charge < -0.3 is 4.57 Å². The number of hydrogen-bond donors (Lipinski definition) is 0. The number of aromatic nitrogens is 2. The Morgan fingerprint density at radius 1 is 0.885 bits per heavy atom. The largest absolute Gasteiger partial charge is 0.334 e. The van der Waals surface area contributed by atoms with Gasteiger partial charge in [0.2, 0.25) is 0 Å². The number of hydrogen-bond acceptors (Lipinski definition) is 1. The van der Waals surface area contributed by atoms with Crippen LogP contribution in [0.15, 0.2) is 49.1 Å². The lowest BCUT2D eigenvalue weighted by Gasteiger charge is -2.25. The molecule has 2 unspecified atom stereocenters. The molecule has 0 aliphatic rings. The first-order valence-corrected chi connectivity index (χ1v) is 10.8. The molecule has 0 fully saturated rings. The Balaban J connectivity index is 1.74. The summed E-state index contributed by atoms with van der Waals surface area (Å²) in [6, 6.07) is 11.5. The van der Waals surface area contributed by atoms with Crippen LogP contribution >= 0.6 is 0 Å². The van der Waals surface area contributed by atoms with Gasteiger partial charge in [-0.25, -0.2) is 4.98 Å². The topological polar surface area (TPSA) is 17.8 Å². The van der Waals surface area contributed by atoms with Crippen molar-refractivity contribution in [1.29, 1.82) is 0 Å². The third kappa shape index (κ3) is 7.76. The lowest BCUT2D eigenvalue weighted by Crippen LogP contribution is -2.18. The van der Waals surface area contributed by atoms with Crippen molar-refractivity contribution in [3.63, 3.8) is 0 Å². The maximum atomic E-state index is 4.25. The van der Waals surface area contributed by atoms with E-state index in [1.807, 2.05) is 12.5 Å². The van der Waals surface area contributed by atoms with Crippen LogP contribution in [0.2, 0.25) is 0 Å². The van der Waals surface area contributed by atoms with Crippen LogP contribution in [0.4, 0.5) is 0 Å². The van der Waals surface area contributed by atoms with E-state index >= 15 is 0 Å². The lowest BCUT2D eigenvalue weighted by molar-refractivity contribution is 0.318. The Bertz CT molecular complexity index is 547. The summed E-state index contributed by atoms with van der Waals surface area (Å²) in [5.74, 6) is 0.677. The van der Waals surface area contributed by atoms with Gasteiger partial charge in [-0.15, -0.1) is 0 Å². The molecule has 0 N–H and O–H groups in total. The van der Waals surface area contributed by atoms with Gasteiger partial charge in [-0.05, 0) is 31.2 Å². The molecule has 2 rings (SSSR count). The first-order chi connectivity index (χ1) is 12.8. The van der Waals surface area contributed by atoms with Crippen LogP contribution in [0.3, 0.4) is 0 Å². The molecule has 1 heterocycles. The highest BCUT2D eigenvalue weighted by molar-refractivity contribution is 5.15. The molecule has 2 heteroatoms. The minimum absolute atomic E-state index is 0.506. The van der Waals surface area contributed by atoms with Crippen LogP contribution in [0.25, 0.3) is 0 Å². The summed E-state index contributed by atoms with van der Waals surface area (Å²) in [5.41, 5.74) is 1.46. The first kappa shape index (κ1) is 20.7. The highest BCUT2D eigenvalue weighted by Gasteiger charge is 2.18. The third-order valence-corrected chi connectivity index (χ3v) is 5.70. The van der Waals surface area contributed by atoms with Crippen molar-refractivity contribution >= 4 is 0 Å². The van der Waals surface area contributed by atoms with E-state index in [4.69, 9.17) is 0 Å². The molecule has 26 heavy (non-hydrogen) atoms. The Hall–Kier alpha value is -1.57.